The van der Waals surface area contributed by atoms with Gasteiger partial charge in [0.05, 0.1) is 6.61 Å². The zero-order valence-electron chi connectivity index (χ0n) is 12.9. The number of hydrogen-bond acceptors (Lipinski definition) is 3. The lowest BCUT2D eigenvalue weighted by molar-refractivity contribution is -0.151. The molecule has 2 N–H and O–H groups in total. The van der Waals surface area contributed by atoms with Crippen LogP contribution < -0.4 is 5.73 Å². The Morgan fingerprint density at radius 3 is 2.10 bits per heavy atom. The van der Waals surface area contributed by atoms with E-state index in [4.69, 9.17) is 10.5 Å². The van der Waals surface area contributed by atoms with E-state index in [2.05, 4.69) is 32.9 Å². The van der Waals surface area contributed by atoms with Crippen LogP contribution in [0.15, 0.2) is 24.3 Å². The van der Waals surface area contributed by atoms with Crippen LogP contribution in [-0.2, 0) is 20.5 Å². The minimum Gasteiger partial charge on any atom is -0.464 e. The number of esters is 1. The monoisotopic (exact) mass is 275 g/mol. The quantitative estimate of drug-likeness (QED) is 0.859. The van der Waals surface area contributed by atoms with Crippen LogP contribution >= 0.6 is 0 Å². The standard InChI is InChI=1S/C17H25NO2/c1-5-20-15(19)17(18,14-10-11-14)13-8-6-12(7-9-13)16(2,3)4/h6-9,14H,5,10-11,18H2,1-4H3. The van der Waals surface area contributed by atoms with Crippen LogP contribution in [0.2, 0.25) is 0 Å². The lowest BCUT2D eigenvalue weighted by Gasteiger charge is -2.28. The summed E-state index contributed by atoms with van der Waals surface area (Å²) in [5.41, 5.74) is 7.66. The third-order valence-electron chi connectivity index (χ3n) is 4.06. The summed E-state index contributed by atoms with van der Waals surface area (Å²) in [7, 11) is 0. The first kappa shape index (κ1) is 15.0. The Kier molecular flexibility index (Phi) is 3.92. The summed E-state index contributed by atoms with van der Waals surface area (Å²) >= 11 is 0. The average Bonchev–Trinajstić information content (AvgIpc) is 3.22. The molecule has 110 valence electrons. The second-order valence-electron chi connectivity index (χ2n) is 6.69. The van der Waals surface area contributed by atoms with Crippen molar-refractivity contribution in [1.82, 2.24) is 0 Å². The molecule has 1 unspecified atom stereocenters. The summed E-state index contributed by atoms with van der Waals surface area (Å²) in [6, 6.07) is 8.10. The molecular formula is C17H25NO2. The van der Waals surface area contributed by atoms with E-state index in [1.54, 1.807) is 0 Å². The van der Waals surface area contributed by atoms with Crippen LogP contribution in [0.3, 0.4) is 0 Å². The predicted molar refractivity (Wildman–Crippen MR) is 80.4 cm³/mol. The molecule has 0 saturated heterocycles. The molecule has 1 atom stereocenters. The van der Waals surface area contributed by atoms with Crippen LogP contribution in [-0.4, -0.2) is 12.6 Å². The Bertz CT molecular complexity index is 483. The first-order valence-electron chi connectivity index (χ1n) is 7.37. The van der Waals surface area contributed by atoms with Gasteiger partial charge in [-0.2, -0.15) is 0 Å². The smallest absolute Gasteiger partial charge is 0.331 e. The fourth-order valence-electron chi connectivity index (χ4n) is 2.56. The molecule has 0 spiro atoms. The minimum atomic E-state index is -0.980. The Morgan fingerprint density at radius 2 is 1.70 bits per heavy atom. The number of ether oxygens (including phenoxy) is 1. The second kappa shape index (κ2) is 5.21. The molecule has 1 saturated carbocycles. The molecule has 0 aromatic heterocycles. The lowest BCUT2D eigenvalue weighted by atomic mass is 9.82. The van der Waals surface area contributed by atoms with Gasteiger partial charge in [-0.05, 0) is 42.2 Å². The van der Waals surface area contributed by atoms with Gasteiger partial charge in [-0.1, -0.05) is 45.0 Å². The van der Waals surface area contributed by atoms with Crippen molar-refractivity contribution in [3.8, 4) is 0 Å². The van der Waals surface area contributed by atoms with Gasteiger partial charge in [-0.3, -0.25) is 0 Å². The average molecular weight is 275 g/mol. The highest BCUT2D eigenvalue weighted by Gasteiger charge is 2.50. The molecular weight excluding hydrogens is 250 g/mol. The van der Waals surface area contributed by atoms with Crippen LogP contribution in [0, 0.1) is 5.92 Å². The SMILES string of the molecule is CCOC(=O)C(N)(c1ccc(C(C)(C)C)cc1)C1CC1. The minimum absolute atomic E-state index is 0.0965. The zero-order valence-corrected chi connectivity index (χ0v) is 12.9. The number of hydrogen-bond donors (Lipinski definition) is 1. The summed E-state index contributed by atoms with van der Waals surface area (Å²) in [5.74, 6) is -0.0898. The number of rotatable bonds is 4. The number of benzene rings is 1. The van der Waals surface area contributed by atoms with Gasteiger partial charge in [-0.25, -0.2) is 4.79 Å². The van der Waals surface area contributed by atoms with Gasteiger partial charge in [-0.15, -0.1) is 0 Å². The molecule has 0 heterocycles. The molecule has 3 nitrogen and oxygen atoms in total. The normalized spacial score (nSPS) is 18.4. The van der Waals surface area contributed by atoms with Crippen molar-refractivity contribution in [3.05, 3.63) is 35.4 Å². The molecule has 2 rings (SSSR count). The van der Waals surface area contributed by atoms with Gasteiger partial charge in [0.2, 0.25) is 0 Å². The molecule has 20 heavy (non-hydrogen) atoms. The number of carbonyl (C=O) groups excluding carboxylic acids is 1. The van der Waals surface area contributed by atoms with Gasteiger partial charge in [0.1, 0.15) is 5.54 Å². The topological polar surface area (TPSA) is 52.3 Å². The Labute approximate surface area is 121 Å². The maximum Gasteiger partial charge on any atom is 0.331 e. The fourth-order valence-corrected chi connectivity index (χ4v) is 2.56. The molecule has 3 heteroatoms. The molecule has 1 aliphatic rings. The second-order valence-corrected chi connectivity index (χ2v) is 6.69. The van der Waals surface area contributed by atoms with Gasteiger partial charge < -0.3 is 10.5 Å². The van der Waals surface area contributed by atoms with Crippen LogP contribution in [0.25, 0.3) is 0 Å². The maximum absolute atomic E-state index is 12.3. The highest BCUT2D eigenvalue weighted by molar-refractivity contribution is 5.83. The van der Waals surface area contributed by atoms with Crippen molar-refractivity contribution in [1.29, 1.82) is 0 Å². The van der Waals surface area contributed by atoms with Crippen molar-refractivity contribution >= 4 is 5.97 Å². The van der Waals surface area contributed by atoms with Crippen LogP contribution in [0.4, 0.5) is 0 Å². The Hall–Kier alpha value is -1.35. The molecule has 1 aliphatic carbocycles. The highest BCUT2D eigenvalue weighted by Crippen LogP contribution is 2.45. The van der Waals surface area contributed by atoms with E-state index in [1.165, 1.54) is 5.56 Å². The zero-order chi connectivity index (χ0) is 15.0. The van der Waals surface area contributed by atoms with Crippen molar-refractivity contribution in [3.63, 3.8) is 0 Å². The largest absolute Gasteiger partial charge is 0.464 e. The molecule has 1 fully saturated rings. The molecule has 0 amide bonds. The maximum atomic E-state index is 12.3. The van der Waals surface area contributed by atoms with Gasteiger partial charge >= 0.3 is 5.97 Å². The molecule has 1 aromatic carbocycles. The van der Waals surface area contributed by atoms with Crippen LogP contribution in [0.1, 0.15) is 51.7 Å². The van der Waals surface area contributed by atoms with Gasteiger partial charge in [0.25, 0.3) is 0 Å². The van der Waals surface area contributed by atoms with E-state index in [0.29, 0.717) is 6.61 Å². The fraction of sp³-hybridized carbons (Fsp3) is 0.588. The first-order valence-corrected chi connectivity index (χ1v) is 7.37. The highest BCUT2D eigenvalue weighted by atomic mass is 16.5. The van der Waals surface area contributed by atoms with Gasteiger partial charge in [0.15, 0.2) is 0 Å². The van der Waals surface area contributed by atoms with E-state index in [9.17, 15) is 4.79 Å². The number of carbonyl (C=O) groups is 1. The lowest BCUT2D eigenvalue weighted by Crippen LogP contribution is -2.48. The van der Waals surface area contributed by atoms with E-state index in [1.807, 2.05) is 19.1 Å². The predicted octanol–water partition coefficient (Wildman–Crippen LogP) is 3.11. The summed E-state index contributed by atoms with van der Waals surface area (Å²) in [5, 5.41) is 0. The molecule has 0 aliphatic heterocycles. The van der Waals surface area contributed by atoms with Crippen molar-refractivity contribution in [2.75, 3.05) is 6.61 Å². The molecule has 1 aromatic rings. The Morgan fingerprint density at radius 1 is 1.20 bits per heavy atom. The summed E-state index contributed by atoms with van der Waals surface area (Å²) < 4.78 is 5.20. The summed E-state index contributed by atoms with van der Waals surface area (Å²) in [6.07, 6.45) is 1.99. The molecule has 0 radical (unpaired) electrons. The van der Waals surface area contributed by atoms with Crippen molar-refractivity contribution in [2.24, 2.45) is 11.7 Å². The summed E-state index contributed by atoms with van der Waals surface area (Å²) in [4.78, 5) is 12.3. The Balaban J connectivity index is 2.33. The van der Waals surface area contributed by atoms with Gasteiger partial charge in [0, 0.05) is 0 Å². The third-order valence-corrected chi connectivity index (χ3v) is 4.06. The van der Waals surface area contributed by atoms with E-state index >= 15 is 0 Å². The summed E-state index contributed by atoms with van der Waals surface area (Å²) in [6.45, 7) is 8.69. The van der Waals surface area contributed by atoms with Crippen molar-refractivity contribution in [2.45, 2.75) is 51.5 Å². The number of nitrogens with two attached hydrogens (primary N) is 1. The third kappa shape index (κ3) is 2.73. The van der Waals surface area contributed by atoms with E-state index < -0.39 is 5.54 Å². The van der Waals surface area contributed by atoms with E-state index in [-0.39, 0.29) is 17.3 Å². The van der Waals surface area contributed by atoms with Crippen LogP contribution in [0.5, 0.6) is 0 Å². The first-order chi connectivity index (χ1) is 9.30. The van der Waals surface area contributed by atoms with E-state index in [0.717, 1.165) is 18.4 Å². The van der Waals surface area contributed by atoms with Crippen molar-refractivity contribution < 1.29 is 9.53 Å². The molecule has 0 bridgehead atoms.